The van der Waals surface area contributed by atoms with Crippen LogP contribution >= 0.6 is 0 Å². The highest BCUT2D eigenvalue weighted by molar-refractivity contribution is 5.91. The van der Waals surface area contributed by atoms with Crippen molar-refractivity contribution in [2.45, 2.75) is 45.9 Å². The Hall–Kier alpha value is -2.35. The molecule has 0 aromatic heterocycles. The zero-order valence-electron chi connectivity index (χ0n) is 15.8. The van der Waals surface area contributed by atoms with Crippen molar-refractivity contribution in [3.63, 3.8) is 0 Å². The number of halogens is 2. The van der Waals surface area contributed by atoms with E-state index in [1.54, 1.807) is 13.8 Å². The molecule has 0 saturated carbocycles. The quantitative estimate of drug-likeness (QED) is 0.866. The van der Waals surface area contributed by atoms with Crippen LogP contribution in [0.25, 0.3) is 5.70 Å². The number of hydrogen-bond donors (Lipinski definition) is 1. The van der Waals surface area contributed by atoms with Crippen molar-refractivity contribution < 1.29 is 28.2 Å². The van der Waals surface area contributed by atoms with E-state index in [4.69, 9.17) is 4.74 Å². The van der Waals surface area contributed by atoms with Gasteiger partial charge in [-0.1, -0.05) is 0 Å². The van der Waals surface area contributed by atoms with E-state index in [1.807, 2.05) is 18.7 Å². The molecule has 3 rings (SSSR count). The molecule has 27 heavy (non-hydrogen) atoms. The lowest BCUT2D eigenvalue weighted by atomic mass is 9.95. The molecule has 1 amide bonds. The fourth-order valence-corrected chi connectivity index (χ4v) is 3.34. The van der Waals surface area contributed by atoms with Crippen molar-refractivity contribution in [2.75, 3.05) is 19.6 Å². The maximum atomic E-state index is 12.8. The first-order valence-corrected chi connectivity index (χ1v) is 8.86. The standard InChI is InChI=1S/C19H24F2N2O4/c1-11(2)22-7-8-23(15(24)10-22)16-13-9-12(26-18(20)21)5-6-14(13)27-19(3,4)17(16)25/h5-6,9,11,18,25H,7-8,10H2,1-4H3. The second kappa shape index (κ2) is 6.99. The summed E-state index contributed by atoms with van der Waals surface area (Å²) < 4.78 is 35.5. The van der Waals surface area contributed by atoms with E-state index in [0.717, 1.165) is 0 Å². The van der Waals surface area contributed by atoms with Crippen LogP contribution in [0.2, 0.25) is 0 Å². The summed E-state index contributed by atoms with van der Waals surface area (Å²) in [6.07, 6.45) is 0. The lowest BCUT2D eigenvalue weighted by molar-refractivity contribution is -0.133. The summed E-state index contributed by atoms with van der Waals surface area (Å²) in [5, 5.41) is 10.8. The molecule has 1 aromatic rings. The van der Waals surface area contributed by atoms with E-state index >= 15 is 0 Å². The summed E-state index contributed by atoms with van der Waals surface area (Å²) in [7, 11) is 0. The second-order valence-corrected chi connectivity index (χ2v) is 7.46. The summed E-state index contributed by atoms with van der Waals surface area (Å²) in [6, 6.07) is 4.48. The highest BCUT2D eigenvalue weighted by Crippen LogP contribution is 2.43. The highest BCUT2D eigenvalue weighted by atomic mass is 19.3. The zero-order chi connectivity index (χ0) is 19.9. The normalized spacial score (nSPS) is 20.1. The van der Waals surface area contributed by atoms with Crippen LogP contribution in [-0.2, 0) is 4.79 Å². The number of hydrogen-bond acceptors (Lipinski definition) is 5. The van der Waals surface area contributed by atoms with Crippen molar-refractivity contribution in [2.24, 2.45) is 0 Å². The number of amides is 1. The van der Waals surface area contributed by atoms with Crippen molar-refractivity contribution >= 4 is 11.6 Å². The Labute approximate surface area is 157 Å². The lowest BCUT2D eigenvalue weighted by Gasteiger charge is -2.41. The van der Waals surface area contributed by atoms with Gasteiger partial charge in [-0.15, -0.1) is 0 Å². The fraction of sp³-hybridized carbons (Fsp3) is 0.526. The third-order valence-corrected chi connectivity index (χ3v) is 4.84. The van der Waals surface area contributed by atoms with Gasteiger partial charge in [-0.05, 0) is 45.9 Å². The van der Waals surface area contributed by atoms with Crippen LogP contribution in [0.1, 0.15) is 33.3 Å². The number of piperazine rings is 1. The van der Waals surface area contributed by atoms with Crippen LogP contribution in [0, 0.1) is 0 Å². The van der Waals surface area contributed by atoms with Gasteiger partial charge >= 0.3 is 6.61 Å². The average Bonchev–Trinajstić information content (AvgIpc) is 2.56. The van der Waals surface area contributed by atoms with Gasteiger partial charge in [0.15, 0.2) is 11.4 Å². The first-order valence-electron chi connectivity index (χ1n) is 8.86. The van der Waals surface area contributed by atoms with Gasteiger partial charge in [-0.25, -0.2) is 0 Å². The molecule has 2 heterocycles. The minimum absolute atomic E-state index is 0.0642. The van der Waals surface area contributed by atoms with Crippen molar-refractivity contribution in [3.05, 3.63) is 29.5 Å². The number of ether oxygens (including phenoxy) is 2. The molecule has 2 aliphatic heterocycles. The summed E-state index contributed by atoms with van der Waals surface area (Å²) in [4.78, 5) is 16.3. The van der Waals surface area contributed by atoms with Crippen molar-refractivity contribution in [1.82, 2.24) is 9.80 Å². The first kappa shape index (κ1) is 19.4. The third kappa shape index (κ3) is 3.71. The van der Waals surface area contributed by atoms with Crippen molar-refractivity contribution in [3.8, 4) is 11.5 Å². The lowest BCUT2D eigenvalue weighted by Crippen LogP contribution is -2.52. The predicted molar refractivity (Wildman–Crippen MR) is 95.8 cm³/mol. The molecule has 6 nitrogen and oxygen atoms in total. The van der Waals surface area contributed by atoms with Gasteiger partial charge in [0.05, 0.1) is 12.2 Å². The van der Waals surface area contributed by atoms with Crippen LogP contribution in [0.5, 0.6) is 11.5 Å². The smallest absolute Gasteiger partial charge is 0.387 e. The Balaban J connectivity index is 2.03. The molecule has 0 atom stereocenters. The van der Waals surface area contributed by atoms with Crippen molar-refractivity contribution in [1.29, 1.82) is 0 Å². The highest BCUT2D eigenvalue weighted by Gasteiger charge is 2.40. The monoisotopic (exact) mass is 382 g/mol. The molecule has 2 aliphatic rings. The number of alkyl halides is 2. The Morgan fingerprint density at radius 2 is 1.96 bits per heavy atom. The Morgan fingerprint density at radius 1 is 1.26 bits per heavy atom. The fourth-order valence-electron chi connectivity index (χ4n) is 3.34. The SMILES string of the molecule is CC(C)N1CCN(C2=C(O)C(C)(C)Oc3ccc(OC(F)F)cc32)C(=O)C1. The molecule has 1 aromatic carbocycles. The number of carbonyl (C=O) groups excluding carboxylic acids is 1. The second-order valence-electron chi connectivity index (χ2n) is 7.46. The number of aliphatic hydroxyl groups is 1. The maximum absolute atomic E-state index is 12.8. The van der Waals surface area contributed by atoms with E-state index in [0.29, 0.717) is 24.4 Å². The molecule has 1 fully saturated rings. The zero-order valence-corrected chi connectivity index (χ0v) is 15.8. The first-order chi connectivity index (χ1) is 12.6. The molecule has 0 unspecified atom stereocenters. The van der Waals surface area contributed by atoms with Gasteiger partial charge in [0.1, 0.15) is 11.5 Å². The summed E-state index contributed by atoms with van der Waals surface area (Å²) in [6.45, 7) is 5.67. The average molecular weight is 382 g/mol. The molecule has 0 bridgehead atoms. The Kier molecular flexibility index (Phi) is 5.03. The van der Waals surface area contributed by atoms with E-state index in [9.17, 15) is 18.7 Å². The molecule has 148 valence electrons. The predicted octanol–water partition coefficient (Wildman–Crippen LogP) is 3.24. The molecule has 1 N–H and O–H groups in total. The van der Waals surface area contributed by atoms with E-state index < -0.39 is 12.2 Å². The number of aliphatic hydroxyl groups excluding tert-OH is 1. The van der Waals surface area contributed by atoms with Crippen LogP contribution < -0.4 is 9.47 Å². The van der Waals surface area contributed by atoms with Crippen LogP contribution in [0.4, 0.5) is 8.78 Å². The van der Waals surface area contributed by atoms with Gasteiger partial charge < -0.3 is 19.5 Å². The summed E-state index contributed by atoms with van der Waals surface area (Å²) >= 11 is 0. The largest absolute Gasteiger partial charge is 0.506 e. The molecule has 0 aliphatic carbocycles. The van der Waals surface area contributed by atoms with Crippen LogP contribution in [0.3, 0.4) is 0 Å². The minimum atomic E-state index is -2.97. The molecule has 8 heteroatoms. The molecular formula is C19H24F2N2O4. The minimum Gasteiger partial charge on any atom is -0.506 e. The summed E-state index contributed by atoms with van der Waals surface area (Å²) in [5.74, 6) is 0.0509. The van der Waals surface area contributed by atoms with Gasteiger partial charge in [0.25, 0.3) is 0 Å². The van der Waals surface area contributed by atoms with E-state index in [1.165, 1.54) is 23.1 Å². The third-order valence-electron chi connectivity index (χ3n) is 4.84. The van der Waals surface area contributed by atoms with Gasteiger partial charge in [-0.3, -0.25) is 9.69 Å². The molecule has 0 spiro atoms. The Morgan fingerprint density at radius 3 is 2.56 bits per heavy atom. The number of carbonyl (C=O) groups is 1. The number of nitrogens with zero attached hydrogens (tertiary/aromatic N) is 2. The van der Waals surface area contributed by atoms with Crippen LogP contribution in [0.15, 0.2) is 24.0 Å². The molecule has 0 radical (unpaired) electrons. The van der Waals surface area contributed by atoms with Gasteiger partial charge in [-0.2, -0.15) is 8.78 Å². The maximum Gasteiger partial charge on any atom is 0.387 e. The van der Waals surface area contributed by atoms with Gasteiger partial charge in [0, 0.05) is 24.7 Å². The molecular weight excluding hydrogens is 358 g/mol. The van der Waals surface area contributed by atoms with E-state index in [2.05, 4.69) is 4.74 Å². The summed E-state index contributed by atoms with van der Waals surface area (Å²) in [5.41, 5.74) is -0.409. The molecule has 1 saturated heterocycles. The number of rotatable bonds is 4. The number of fused-ring (bicyclic) bond motifs is 1. The van der Waals surface area contributed by atoms with Gasteiger partial charge in [0.2, 0.25) is 5.91 Å². The number of benzene rings is 1. The van der Waals surface area contributed by atoms with Crippen LogP contribution in [-0.4, -0.2) is 58.7 Å². The Bertz CT molecular complexity index is 777. The topological polar surface area (TPSA) is 62.2 Å². The van der Waals surface area contributed by atoms with E-state index in [-0.39, 0.29) is 35.7 Å².